The van der Waals surface area contributed by atoms with E-state index in [1.54, 1.807) is 0 Å². The van der Waals surface area contributed by atoms with Crippen LogP contribution < -0.4 is 11.2 Å². The molecule has 1 aromatic heterocycles. The molecule has 0 bridgehead atoms. The molecule has 0 aliphatic heterocycles. The number of benzene rings is 2. The second-order valence-electron chi connectivity index (χ2n) is 4.98. The third kappa shape index (κ3) is 2.83. The van der Waals surface area contributed by atoms with Gasteiger partial charge in [-0.25, -0.2) is 4.79 Å². The Kier molecular flexibility index (Phi) is 3.62. The molecule has 0 amide bonds. The molecule has 5 heteroatoms. The highest BCUT2D eigenvalue weighted by molar-refractivity contribution is 5.63. The summed E-state index contributed by atoms with van der Waals surface area (Å²) in [6, 6.07) is 17.7. The molecular formula is C17H14N2O3. The fourth-order valence-electron chi connectivity index (χ4n) is 2.31. The number of aromatic amines is 2. The van der Waals surface area contributed by atoms with Gasteiger partial charge in [0.15, 0.2) is 0 Å². The topological polar surface area (TPSA) is 85.9 Å². The second kappa shape index (κ2) is 5.73. The van der Waals surface area contributed by atoms with E-state index in [4.69, 9.17) is 0 Å². The van der Waals surface area contributed by atoms with Gasteiger partial charge in [0.05, 0.1) is 5.56 Å². The molecule has 0 spiro atoms. The van der Waals surface area contributed by atoms with Crippen LogP contribution in [0.15, 0.2) is 64.2 Å². The van der Waals surface area contributed by atoms with Crippen LogP contribution in [0, 0.1) is 0 Å². The van der Waals surface area contributed by atoms with Gasteiger partial charge in [0.1, 0.15) is 0 Å². The summed E-state index contributed by atoms with van der Waals surface area (Å²) in [5, 5.41) is 9.69. The lowest BCUT2D eigenvalue weighted by molar-refractivity contribution is 0.441. The van der Waals surface area contributed by atoms with E-state index in [2.05, 4.69) is 9.97 Å². The highest BCUT2D eigenvalue weighted by atomic mass is 16.3. The van der Waals surface area contributed by atoms with E-state index < -0.39 is 11.2 Å². The van der Waals surface area contributed by atoms with Gasteiger partial charge >= 0.3 is 5.69 Å². The molecule has 5 nitrogen and oxygen atoms in total. The van der Waals surface area contributed by atoms with Crippen LogP contribution in [0.2, 0.25) is 0 Å². The molecule has 0 unspecified atom stereocenters. The molecule has 0 saturated heterocycles. The third-order valence-electron chi connectivity index (χ3n) is 3.46. The SMILES string of the molecule is O=c1[nH]c(O)c(Cc2ccc(-c3ccccc3)cc2)c(=O)[nH]1. The Morgan fingerprint density at radius 2 is 1.45 bits per heavy atom. The maximum atomic E-state index is 11.7. The average molecular weight is 294 g/mol. The van der Waals surface area contributed by atoms with Crippen LogP contribution in [0.3, 0.4) is 0 Å². The van der Waals surface area contributed by atoms with Crippen LogP contribution in [0.4, 0.5) is 0 Å². The van der Waals surface area contributed by atoms with Crippen LogP contribution in [0.25, 0.3) is 11.1 Å². The quantitative estimate of drug-likeness (QED) is 0.691. The normalized spacial score (nSPS) is 10.5. The first-order valence-corrected chi connectivity index (χ1v) is 6.82. The molecule has 0 aliphatic rings. The van der Waals surface area contributed by atoms with E-state index in [9.17, 15) is 14.7 Å². The predicted octanol–water partition coefficient (Wildman–Crippen LogP) is 2.03. The molecule has 1 heterocycles. The van der Waals surface area contributed by atoms with Crippen LogP contribution in [-0.4, -0.2) is 15.1 Å². The smallest absolute Gasteiger partial charge is 0.328 e. The lowest BCUT2D eigenvalue weighted by Crippen LogP contribution is -2.25. The summed E-state index contributed by atoms with van der Waals surface area (Å²) in [6.07, 6.45) is 0.243. The van der Waals surface area contributed by atoms with E-state index in [0.717, 1.165) is 16.7 Å². The van der Waals surface area contributed by atoms with Crippen molar-refractivity contribution in [1.82, 2.24) is 9.97 Å². The second-order valence-corrected chi connectivity index (χ2v) is 4.98. The Labute approximate surface area is 125 Å². The van der Waals surface area contributed by atoms with Crippen molar-refractivity contribution in [3.8, 4) is 17.0 Å². The Hall–Kier alpha value is -3.08. The van der Waals surface area contributed by atoms with E-state index in [-0.39, 0.29) is 17.9 Å². The standard InChI is InChI=1S/C17H14N2O3/c20-15-14(16(21)19-17(22)18-15)10-11-6-8-13(9-7-11)12-4-2-1-3-5-12/h1-9H,10H2,(H3,18,19,20,21,22). The Bertz CT molecular complexity index is 894. The fourth-order valence-corrected chi connectivity index (χ4v) is 2.31. The van der Waals surface area contributed by atoms with Crippen molar-refractivity contribution in [1.29, 1.82) is 0 Å². The minimum Gasteiger partial charge on any atom is -0.494 e. The lowest BCUT2D eigenvalue weighted by atomic mass is 10.0. The van der Waals surface area contributed by atoms with Crippen LogP contribution >= 0.6 is 0 Å². The minimum atomic E-state index is -0.717. The van der Waals surface area contributed by atoms with E-state index >= 15 is 0 Å². The Balaban J connectivity index is 1.89. The molecule has 110 valence electrons. The van der Waals surface area contributed by atoms with Crippen LogP contribution in [0.1, 0.15) is 11.1 Å². The largest absolute Gasteiger partial charge is 0.494 e. The molecule has 22 heavy (non-hydrogen) atoms. The van der Waals surface area contributed by atoms with Gasteiger partial charge in [0, 0.05) is 6.42 Å². The fraction of sp³-hybridized carbons (Fsp3) is 0.0588. The summed E-state index contributed by atoms with van der Waals surface area (Å²) >= 11 is 0. The zero-order chi connectivity index (χ0) is 15.5. The third-order valence-corrected chi connectivity index (χ3v) is 3.46. The van der Waals surface area contributed by atoms with Crippen molar-refractivity contribution in [2.75, 3.05) is 0 Å². The van der Waals surface area contributed by atoms with Gasteiger partial charge in [0.2, 0.25) is 5.88 Å². The van der Waals surface area contributed by atoms with Crippen LogP contribution in [0.5, 0.6) is 5.88 Å². The van der Waals surface area contributed by atoms with Crippen molar-refractivity contribution in [3.63, 3.8) is 0 Å². The monoisotopic (exact) mass is 294 g/mol. The number of aromatic hydroxyl groups is 1. The molecule has 2 aromatic carbocycles. The number of rotatable bonds is 3. The van der Waals surface area contributed by atoms with Gasteiger partial charge in [-0.15, -0.1) is 0 Å². The molecule has 0 fully saturated rings. The van der Waals surface area contributed by atoms with E-state index in [1.807, 2.05) is 54.6 Å². The maximum absolute atomic E-state index is 11.7. The summed E-state index contributed by atoms with van der Waals surface area (Å²) < 4.78 is 0. The van der Waals surface area contributed by atoms with Crippen molar-refractivity contribution in [3.05, 3.63) is 86.6 Å². The Morgan fingerprint density at radius 1 is 0.818 bits per heavy atom. The molecule has 0 radical (unpaired) electrons. The number of aromatic nitrogens is 2. The van der Waals surface area contributed by atoms with Gasteiger partial charge in [-0.1, -0.05) is 54.6 Å². The molecule has 0 atom stereocenters. The minimum absolute atomic E-state index is 0.145. The zero-order valence-corrected chi connectivity index (χ0v) is 11.7. The van der Waals surface area contributed by atoms with Crippen molar-refractivity contribution < 1.29 is 5.11 Å². The number of nitrogens with one attached hydrogen (secondary N) is 2. The van der Waals surface area contributed by atoms with Crippen molar-refractivity contribution in [2.45, 2.75) is 6.42 Å². The summed E-state index contributed by atoms with van der Waals surface area (Å²) in [7, 11) is 0. The van der Waals surface area contributed by atoms with Gasteiger partial charge in [-0.05, 0) is 16.7 Å². The van der Waals surface area contributed by atoms with Gasteiger partial charge in [-0.2, -0.15) is 0 Å². The lowest BCUT2D eigenvalue weighted by Gasteiger charge is -2.05. The van der Waals surface area contributed by atoms with E-state index in [1.165, 1.54) is 0 Å². The number of hydrogen-bond acceptors (Lipinski definition) is 3. The molecule has 3 rings (SSSR count). The molecule has 0 saturated carbocycles. The highest BCUT2D eigenvalue weighted by Crippen LogP contribution is 2.20. The van der Waals surface area contributed by atoms with Crippen molar-refractivity contribution in [2.24, 2.45) is 0 Å². The predicted molar refractivity (Wildman–Crippen MR) is 84.0 cm³/mol. The first kappa shape index (κ1) is 13.9. The molecular weight excluding hydrogens is 280 g/mol. The summed E-state index contributed by atoms with van der Waals surface area (Å²) in [6.45, 7) is 0. The molecule has 0 aliphatic carbocycles. The molecule has 3 N–H and O–H groups in total. The van der Waals surface area contributed by atoms with Gasteiger partial charge in [-0.3, -0.25) is 14.8 Å². The summed E-state index contributed by atoms with van der Waals surface area (Å²) in [4.78, 5) is 27.1. The number of H-pyrrole nitrogens is 2. The first-order valence-electron chi connectivity index (χ1n) is 6.82. The van der Waals surface area contributed by atoms with Crippen LogP contribution in [-0.2, 0) is 6.42 Å². The average Bonchev–Trinajstić information content (AvgIpc) is 2.52. The van der Waals surface area contributed by atoms with Gasteiger partial charge < -0.3 is 5.11 Å². The first-order chi connectivity index (χ1) is 10.6. The number of hydrogen-bond donors (Lipinski definition) is 3. The molecule has 3 aromatic rings. The zero-order valence-electron chi connectivity index (χ0n) is 11.7. The summed E-state index contributed by atoms with van der Waals surface area (Å²) in [5.74, 6) is -0.388. The highest BCUT2D eigenvalue weighted by Gasteiger charge is 2.09. The Morgan fingerprint density at radius 3 is 2.09 bits per heavy atom. The summed E-state index contributed by atoms with van der Waals surface area (Å²) in [5.41, 5.74) is 1.90. The van der Waals surface area contributed by atoms with E-state index in [0.29, 0.717) is 0 Å². The van der Waals surface area contributed by atoms with Crippen molar-refractivity contribution >= 4 is 0 Å². The maximum Gasteiger partial charge on any atom is 0.328 e. The van der Waals surface area contributed by atoms with Gasteiger partial charge in [0.25, 0.3) is 5.56 Å².